The van der Waals surface area contributed by atoms with E-state index in [1.165, 1.54) is 6.07 Å². The second kappa shape index (κ2) is 7.39. The molecule has 2 rings (SSSR count). The van der Waals surface area contributed by atoms with E-state index in [0.29, 0.717) is 26.1 Å². The van der Waals surface area contributed by atoms with Crippen LogP contribution in [0.5, 0.6) is 0 Å². The monoisotopic (exact) mass is 362 g/mol. The fourth-order valence-corrected chi connectivity index (χ4v) is 4.23. The van der Waals surface area contributed by atoms with Crippen molar-refractivity contribution in [2.45, 2.75) is 17.1 Å². The number of sulfonamides is 1. The minimum atomic E-state index is -3.72. The molecule has 2 heterocycles. The van der Waals surface area contributed by atoms with Gasteiger partial charge >= 0.3 is 5.97 Å². The van der Waals surface area contributed by atoms with Crippen LogP contribution in [-0.2, 0) is 24.3 Å². The summed E-state index contributed by atoms with van der Waals surface area (Å²) in [6.45, 7) is 0.165. The molecule has 8 nitrogen and oxygen atoms in total. The quantitative estimate of drug-likeness (QED) is 0.629. The number of aliphatic carboxylic acids is 1. The van der Waals surface area contributed by atoms with Gasteiger partial charge in [0.1, 0.15) is 4.21 Å². The van der Waals surface area contributed by atoms with Crippen LogP contribution in [0.3, 0.4) is 0 Å². The molecule has 0 saturated carbocycles. The van der Waals surface area contributed by atoms with Crippen molar-refractivity contribution in [3.63, 3.8) is 0 Å². The fraction of sp³-hybridized carbons (Fsp3) is 0.538. The van der Waals surface area contributed by atoms with Crippen LogP contribution in [-0.4, -0.2) is 51.7 Å². The van der Waals surface area contributed by atoms with Crippen molar-refractivity contribution >= 4 is 33.2 Å². The summed E-state index contributed by atoms with van der Waals surface area (Å²) in [5, 5.41) is 13.5. The number of ether oxygens (including phenoxy) is 1. The minimum absolute atomic E-state index is 0.0503. The molecule has 0 atom stereocenters. The van der Waals surface area contributed by atoms with Crippen molar-refractivity contribution in [3.05, 3.63) is 17.5 Å². The van der Waals surface area contributed by atoms with Gasteiger partial charge < -0.3 is 15.2 Å². The van der Waals surface area contributed by atoms with Gasteiger partial charge in [0.15, 0.2) is 0 Å². The lowest BCUT2D eigenvalue weighted by atomic mass is 9.80. The second-order valence-corrected chi connectivity index (χ2v) is 8.17. The second-order valence-electron chi connectivity index (χ2n) is 5.23. The highest BCUT2D eigenvalue weighted by molar-refractivity contribution is 7.91. The Bertz CT molecular complexity index is 650. The molecule has 0 spiro atoms. The molecule has 23 heavy (non-hydrogen) atoms. The summed E-state index contributed by atoms with van der Waals surface area (Å²) in [4.78, 5) is 23.3. The molecule has 1 aliphatic rings. The number of carbonyl (C=O) groups excluding carboxylic acids is 1. The molecule has 1 saturated heterocycles. The van der Waals surface area contributed by atoms with E-state index >= 15 is 0 Å². The maximum Gasteiger partial charge on any atom is 0.311 e. The van der Waals surface area contributed by atoms with Crippen LogP contribution >= 0.6 is 11.3 Å². The third kappa shape index (κ3) is 4.50. The van der Waals surface area contributed by atoms with Gasteiger partial charge in [0.2, 0.25) is 5.91 Å². The Morgan fingerprint density at radius 2 is 2.04 bits per heavy atom. The molecule has 0 bridgehead atoms. The zero-order valence-electron chi connectivity index (χ0n) is 12.3. The normalized spacial score (nSPS) is 17.6. The highest BCUT2D eigenvalue weighted by atomic mass is 32.2. The lowest BCUT2D eigenvalue weighted by Crippen LogP contribution is -2.48. The van der Waals surface area contributed by atoms with Gasteiger partial charge in [-0.05, 0) is 24.3 Å². The molecule has 0 unspecified atom stereocenters. The number of carboxylic acid groups (broad SMARTS) is 1. The molecule has 1 amide bonds. The first-order valence-corrected chi connectivity index (χ1v) is 9.33. The maximum absolute atomic E-state index is 11.9. The van der Waals surface area contributed by atoms with E-state index in [9.17, 15) is 23.1 Å². The standard InChI is InChI=1S/C13H18N2O6S2/c16-10(8-15-23(19,20)11-2-1-7-22-11)14-9-13(12(17)18)3-5-21-6-4-13/h1-2,7,15H,3-6,8-9H2,(H,14,16)(H,17,18). The largest absolute Gasteiger partial charge is 0.481 e. The summed E-state index contributed by atoms with van der Waals surface area (Å²) in [6, 6.07) is 3.04. The lowest BCUT2D eigenvalue weighted by Gasteiger charge is -2.33. The van der Waals surface area contributed by atoms with Crippen molar-refractivity contribution in [2.24, 2.45) is 5.41 Å². The van der Waals surface area contributed by atoms with Gasteiger partial charge in [0, 0.05) is 19.8 Å². The van der Waals surface area contributed by atoms with E-state index in [1.54, 1.807) is 11.4 Å². The van der Waals surface area contributed by atoms with Gasteiger partial charge in [-0.25, -0.2) is 13.1 Å². The smallest absolute Gasteiger partial charge is 0.311 e. The molecule has 0 aliphatic carbocycles. The molecule has 128 valence electrons. The SMILES string of the molecule is O=C(CNS(=O)(=O)c1cccs1)NCC1(C(=O)O)CCOCC1. The Morgan fingerprint density at radius 3 is 2.61 bits per heavy atom. The molecular weight excluding hydrogens is 344 g/mol. The average Bonchev–Trinajstić information content (AvgIpc) is 3.07. The summed E-state index contributed by atoms with van der Waals surface area (Å²) >= 11 is 1.05. The molecule has 1 aromatic heterocycles. The minimum Gasteiger partial charge on any atom is -0.481 e. The van der Waals surface area contributed by atoms with Gasteiger partial charge in [-0.3, -0.25) is 9.59 Å². The van der Waals surface area contributed by atoms with Crippen LogP contribution in [0.25, 0.3) is 0 Å². The zero-order valence-corrected chi connectivity index (χ0v) is 13.9. The van der Waals surface area contributed by atoms with E-state index < -0.39 is 33.9 Å². The summed E-state index contributed by atoms with van der Waals surface area (Å²) in [5.41, 5.74) is -1.06. The first-order chi connectivity index (χ1) is 10.9. The lowest BCUT2D eigenvalue weighted by molar-refractivity contribution is -0.154. The molecule has 1 aromatic rings. The van der Waals surface area contributed by atoms with Crippen LogP contribution in [0, 0.1) is 5.41 Å². The molecule has 10 heteroatoms. The van der Waals surface area contributed by atoms with E-state index in [0.717, 1.165) is 11.3 Å². The Morgan fingerprint density at radius 1 is 1.35 bits per heavy atom. The van der Waals surface area contributed by atoms with Gasteiger partial charge in [-0.2, -0.15) is 0 Å². The number of amides is 1. The summed E-state index contributed by atoms with van der Waals surface area (Å²) < 4.78 is 31.2. The molecule has 0 radical (unpaired) electrons. The summed E-state index contributed by atoms with van der Waals surface area (Å²) in [7, 11) is -3.72. The van der Waals surface area contributed by atoms with Crippen molar-refractivity contribution in [1.82, 2.24) is 10.0 Å². The van der Waals surface area contributed by atoms with Crippen LogP contribution in [0.4, 0.5) is 0 Å². The molecule has 1 aliphatic heterocycles. The number of hydrogen-bond donors (Lipinski definition) is 3. The van der Waals surface area contributed by atoms with E-state index in [-0.39, 0.29) is 10.8 Å². The average molecular weight is 362 g/mol. The Hall–Kier alpha value is -1.49. The van der Waals surface area contributed by atoms with E-state index in [1.807, 2.05) is 0 Å². The molecule has 0 aromatic carbocycles. The number of hydrogen-bond acceptors (Lipinski definition) is 6. The van der Waals surface area contributed by atoms with Gasteiger partial charge in [0.05, 0.1) is 12.0 Å². The molecule has 1 fully saturated rings. The van der Waals surface area contributed by atoms with Crippen molar-refractivity contribution in [1.29, 1.82) is 0 Å². The van der Waals surface area contributed by atoms with E-state index in [2.05, 4.69) is 10.0 Å². The van der Waals surface area contributed by atoms with Gasteiger partial charge in [0.25, 0.3) is 10.0 Å². The first-order valence-electron chi connectivity index (χ1n) is 6.97. The van der Waals surface area contributed by atoms with E-state index in [4.69, 9.17) is 4.74 Å². The summed E-state index contributed by atoms with van der Waals surface area (Å²) in [5.74, 6) is -1.56. The van der Waals surface area contributed by atoms with Crippen molar-refractivity contribution in [2.75, 3.05) is 26.3 Å². The summed E-state index contributed by atoms with van der Waals surface area (Å²) in [6.07, 6.45) is 0.618. The third-order valence-corrected chi connectivity index (χ3v) is 6.51. The third-order valence-electron chi connectivity index (χ3n) is 3.71. The number of thiophene rings is 1. The Labute approximate surface area is 137 Å². The Kier molecular flexibility index (Phi) is 5.74. The zero-order chi connectivity index (χ0) is 16.9. The van der Waals surface area contributed by atoms with Gasteiger partial charge in [-0.1, -0.05) is 6.07 Å². The van der Waals surface area contributed by atoms with Crippen LogP contribution in [0.2, 0.25) is 0 Å². The topological polar surface area (TPSA) is 122 Å². The predicted octanol–water partition coefficient (Wildman–Crippen LogP) is 0.0240. The van der Waals surface area contributed by atoms with Crippen molar-refractivity contribution < 1.29 is 27.9 Å². The number of carboxylic acids is 1. The number of carbonyl (C=O) groups is 2. The highest BCUT2D eigenvalue weighted by Gasteiger charge is 2.40. The fourth-order valence-electron chi connectivity index (χ4n) is 2.21. The van der Waals surface area contributed by atoms with Gasteiger partial charge in [-0.15, -0.1) is 11.3 Å². The molecule has 3 N–H and O–H groups in total. The highest BCUT2D eigenvalue weighted by Crippen LogP contribution is 2.30. The Balaban J connectivity index is 1.86. The molecular formula is C13H18N2O6S2. The van der Waals surface area contributed by atoms with Crippen LogP contribution < -0.4 is 10.0 Å². The number of nitrogens with one attached hydrogen (secondary N) is 2. The van der Waals surface area contributed by atoms with Crippen molar-refractivity contribution in [3.8, 4) is 0 Å². The number of rotatable bonds is 7. The first kappa shape index (κ1) is 17.9. The predicted molar refractivity (Wildman–Crippen MR) is 82.6 cm³/mol. The van der Waals surface area contributed by atoms with Crippen LogP contribution in [0.15, 0.2) is 21.7 Å². The maximum atomic E-state index is 11.9. The van der Waals surface area contributed by atoms with Crippen LogP contribution in [0.1, 0.15) is 12.8 Å².